The Morgan fingerprint density at radius 1 is 1.00 bits per heavy atom. The number of thiophene rings is 1. The van der Waals surface area contributed by atoms with Crippen LogP contribution in [-0.2, 0) is 14.3 Å². The van der Waals surface area contributed by atoms with Crippen molar-refractivity contribution in [1.82, 2.24) is 0 Å². The highest BCUT2D eigenvalue weighted by Crippen LogP contribution is 2.26. The van der Waals surface area contributed by atoms with Gasteiger partial charge in [-0.1, -0.05) is 54.1 Å². The first-order valence-electron chi connectivity index (χ1n) is 9.75. The van der Waals surface area contributed by atoms with Crippen molar-refractivity contribution in [1.29, 1.82) is 0 Å². The Morgan fingerprint density at radius 3 is 2.33 bits per heavy atom. The standard InChI is InChI=1S/C25H25NO3S/c1-16-8-5-11-20(14-16)15-21(22-12-7-13-30-22)25(28)29-19(4)24(27)26-23-17(2)9-6-10-18(23)3/h5-15,19H,1-4H3,(H,26,27)/b21-15+/t19-/m1/s1. The van der Waals surface area contributed by atoms with Crippen molar-refractivity contribution in [3.8, 4) is 0 Å². The van der Waals surface area contributed by atoms with Crippen LogP contribution in [0.2, 0.25) is 0 Å². The normalized spacial score (nSPS) is 12.3. The van der Waals surface area contributed by atoms with Crippen molar-refractivity contribution in [3.05, 3.63) is 87.1 Å². The number of hydrogen-bond donors (Lipinski definition) is 1. The fourth-order valence-electron chi connectivity index (χ4n) is 3.10. The Kier molecular flexibility index (Phi) is 6.85. The van der Waals surface area contributed by atoms with Crippen LogP contribution in [0.3, 0.4) is 0 Å². The zero-order valence-corrected chi connectivity index (χ0v) is 18.4. The van der Waals surface area contributed by atoms with E-state index in [1.54, 1.807) is 13.0 Å². The SMILES string of the molecule is Cc1cccc(/C=C(/C(=O)O[C@H](C)C(=O)Nc2c(C)cccc2C)c2cccs2)c1. The zero-order valence-electron chi connectivity index (χ0n) is 17.6. The van der Waals surface area contributed by atoms with Gasteiger partial charge >= 0.3 is 5.97 Å². The third-order valence-electron chi connectivity index (χ3n) is 4.74. The summed E-state index contributed by atoms with van der Waals surface area (Å²) in [6.07, 6.45) is 0.870. The fraction of sp³-hybridized carbons (Fsp3) is 0.200. The van der Waals surface area contributed by atoms with E-state index < -0.39 is 12.1 Å². The summed E-state index contributed by atoms with van der Waals surface area (Å²) in [4.78, 5) is 26.4. The predicted molar refractivity (Wildman–Crippen MR) is 123 cm³/mol. The van der Waals surface area contributed by atoms with Gasteiger partial charge in [-0.15, -0.1) is 11.3 Å². The minimum absolute atomic E-state index is 0.359. The molecule has 4 nitrogen and oxygen atoms in total. The summed E-state index contributed by atoms with van der Waals surface area (Å²) >= 11 is 1.46. The van der Waals surface area contributed by atoms with Gasteiger partial charge in [-0.25, -0.2) is 4.79 Å². The first-order valence-corrected chi connectivity index (χ1v) is 10.6. The summed E-state index contributed by atoms with van der Waals surface area (Å²) in [5.41, 5.74) is 5.11. The third-order valence-corrected chi connectivity index (χ3v) is 5.65. The molecule has 0 saturated heterocycles. The maximum atomic E-state index is 13.0. The summed E-state index contributed by atoms with van der Waals surface area (Å²) in [5.74, 6) is -0.884. The Hall–Kier alpha value is -3.18. The molecule has 30 heavy (non-hydrogen) atoms. The molecule has 0 radical (unpaired) electrons. The quantitative estimate of drug-likeness (QED) is 0.407. The molecule has 0 unspecified atom stereocenters. The molecule has 2 aromatic carbocycles. The molecule has 0 aliphatic rings. The van der Waals surface area contributed by atoms with Crippen LogP contribution in [0.5, 0.6) is 0 Å². The van der Waals surface area contributed by atoms with Crippen LogP contribution in [0.25, 0.3) is 11.6 Å². The molecule has 1 N–H and O–H groups in total. The molecular weight excluding hydrogens is 394 g/mol. The second-order valence-electron chi connectivity index (χ2n) is 7.25. The summed E-state index contributed by atoms with van der Waals surface area (Å²) in [7, 11) is 0. The second-order valence-corrected chi connectivity index (χ2v) is 8.20. The van der Waals surface area contributed by atoms with Gasteiger partial charge in [0.2, 0.25) is 0 Å². The lowest BCUT2D eigenvalue weighted by Crippen LogP contribution is -2.30. The van der Waals surface area contributed by atoms with Crippen molar-refractivity contribution in [3.63, 3.8) is 0 Å². The van der Waals surface area contributed by atoms with E-state index in [1.807, 2.05) is 80.7 Å². The van der Waals surface area contributed by atoms with E-state index in [-0.39, 0.29) is 5.91 Å². The molecule has 1 aromatic heterocycles. The number of amides is 1. The van der Waals surface area contributed by atoms with E-state index in [2.05, 4.69) is 5.32 Å². The molecule has 0 aliphatic carbocycles. The van der Waals surface area contributed by atoms with Gasteiger partial charge in [0.25, 0.3) is 5.91 Å². The number of carbonyl (C=O) groups is 2. The molecule has 0 aliphatic heterocycles. The Balaban J connectivity index is 1.79. The molecular formula is C25H25NO3S. The smallest absolute Gasteiger partial charge is 0.340 e. The summed E-state index contributed by atoms with van der Waals surface area (Å²) in [6.45, 7) is 7.44. The molecule has 1 heterocycles. The second kappa shape index (κ2) is 9.55. The summed E-state index contributed by atoms with van der Waals surface area (Å²) < 4.78 is 5.54. The Bertz CT molecular complexity index is 1060. The van der Waals surface area contributed by atoms with Gasteiger partial charge < -0.3 is 10.1 Å². The van der Waals surface area contributed by atoms with E-state index in [4.69, 9.17) is 4.74 Å². The summed E-state index contributed by atoms with van der Waals surface area (Å²) in [6, 6.07) is 17.4. The average Bonchev–Trinajstić information content (AvgIpc) is 3.23. The van der Waals surface area contributed by atoms with E-state index >= 15 is 0 Å². The van der Waals surface area contributed by atoms with E-state index in [0.29, 0.717) is 5.57 Å². The molecule has 0 saturated carbocycles. The van der Waals surface area contributed by atoms with Crippen molar-refractivity contribution >= 4 is 40.5 Å². The highest BCUT2D eigenvalue weighted by Gasteiger charge is 2.23. The van der Waals surface area contributed by atoms with Crippen molar-refractivity contribution in [2.75, 3.05) is 5.32 Å². The number of anilines is 1. The molecule has 0 spiro atoms. The van der Waals surface area contributed by atoms with Gasteiger partial charge in [-0.3, -0.25) is 4.79 Å². The molecule has 3 aromatic rings. The van der Waals surface area contributed by atoms with E-state index in [9.17, 15) is 9.59 Å². The van der Waals surface area contributed by atoms with Crippen molar-refractivity contribution in [2.45, 2.75) is 33.8 Å². The Morgan fingerprint density at radius 2 is 1.70 bits per heavy atom. The fourth-order valence-corrected chi connectivity index (χ4v) is 3.83. The van der Waals surface area contributed by atoms with Crippen LogP contribution in [0.4, 0.5) is 5.69 Å². The van der Waals surface area contributed by atoms with Crippen LogP contribution < -0.4 is 5.32 Å². The van der Waals surface area contributed by atoms with Gasteiger partial charge in [0.15, 0.2) is 6.10 Å². The largest absolute Gasteiger partial charge is 0.449 e. The highest BCUT2D eigenvalue weighted by molar-refractivity contribution is 7.11. The van der Waals surface area contributed by atoms with Crippen molar-refractivity contribution in [2.24, 2.45) is 0 Å². The highest BCUT2D eigenvalue weighted by atomic mass is 32.1. The van der Waals surface area contributed by atoms with Gasteiger partial charge in [-0.05, 0) is 61.9 Å². The molecule has 0 fully saturated rings. The number of benzene rings is 2. The van der Waals surface area contributed by atoms with Gasteiger partial charge in [0.05, 0.1) is 5.57 Å². The number of para-hydroxylation sites is 1. The molecule has 154 valence electrons. The van der Waals surface area contributed by atoms with Crippen molar-refractivity contribution < 1.29 is 14.3 Å². The number of carbonyl (C=O) groups excluding carboxylic acids is 2. The number of aryl methyl sites for hydroxylation is 3. The lowest BCUT2D eigenvalue weighted by molar-refractivity contribution is -0.147. The predicted octanol–water partition coefficient (Wildman–Crippen LogP) is 5.78. The maximum Gasteiger partial charge on any atom is 0.340 e. The lowest BCUT2D eigenvalue weighted by atomic mass is 10.1. The van der Waals surface area contributed by atoms with E-state index in [1.165, 1.54) is 11.3 Å². The third kappa shape index (κ3) is 5.24. The van der Waals surface area contributed by atoms with Crippen LogP contribution in [0.15, 0.2) is 60.0 Å². The molecule has 5 heteroatoms. The molecule has 0 bridgehead atoms. The number of esters is 1. The lowest BCUT2D eigenvalue weighted by Gasteiger charge is -2.17. The van der Waals surface area contributed by atoms with E-state index in [0.717, 1.165) is 32.8 Å². The number of ether oxygens (including phenoxy) is 1. The number of hydrogen-bond acceptors (Lipinski definition) is 4. The monoisotopic (exact) mass is 419 g/mol. The Labute approximate surface area is 181 Å². The maximum absolute atomic E-state index is 13.0. The minimum Gasteiger partial charge on any atom is -0.449 e. The summed E-state index contributed by atoms with van der Waals surface area (Å²) in [5, 5.41) is 4.79. The average molecular weight is 420 g/mol. The molecule has 1 atom stereocenters. The first-order chi connectivity index (χ1) is 14.3. The number of rotatable bonds is 6. The topological polar surface area (TPSA) is 55.4 Å². The van der Waals surface area contributed by atoms with Gasteiger partial charge in [0.1, 0.15) is 0 Å². The minimum atomic E-state index is -0.933. The van der Waals surface area contributed by atoms with Crippen LogP contribution in [0, 0.1) is 20.8 Å². The van der Waals surface area contributed by atoms with Gasteiger partial charge in [0, 0.05) is 10.6 Å². The van der Waals surface area contributed by atoms with Crippen LogP contribution in [-0.4, -0.2) is 18.0 Å². The van der Waals surface area contributed by atoms with Crippen LogP contribution in [0.1, 0.15) is 34.1 Å². The number of nitrogens with one attached hydrogen (secondary N) is 1. The van der Waals surface area contributed by atoms with Gasteiger partial charge in [-0.2, -0.15) is 0 Å². The molecule has 3 rings (SSSR count). The zero-order chi connectivity index (χ0) is 21.7. The first kappa shape index (κ1) is 21.5. The van der Waals surface area contributed by atoms with Crippen LogP contribution >= 0.6 is 11.3 Å². The molecule has 1 amide bonds.